The predicted octanol–water partition coefficient (Wildman–Crippen LogP) is 2.30. The van der Waals surface area contributed by atoms with Gasteiger partial charge in [0.05, 0.1) is 18.2 Å². The monoisotopic (exact) mass is 372 g/mol. The Balaban J connectivity index is 2.23. The van der Waals surface area contributed by atoms with Crippen molar-refractivity contribution in [1.82, 2.24) is 15.1 Å². The van der Waals surface area contributed by atoms with E-state index in [9.17, 15) is 27.2 Å². The predicted molar refractivity (Wildman–Crippen MR) is 86.2 cm³/mol. The zero-order chi connectivity index (χ0) is 19.5. The van der Waals surface area contributed by atoms with Crippen LogP contribution in [0.1, 0.15) is 34.6 Å². The van der Waals surface area contributed by atoms with Crippen LogP contribution in [0.2, 0.25) is 0 Å². The Morgan fingerprint density at radius 3 is 2.62 bits per heavy atom. The van der Waals surface area contributed by atoms with E-state index < -0.39 is 35.9 Å². The van der Waals surface area contributed by atoms with Gasteiger partial charge in [0.25, 0.3) is 11.5 Å². The van der Waals surface area contributed by atoms with Crippen molar-refractivity contribution in [2.75, 3.05) is 12.4 Å². The number of aromatic nitrogens is 2. The summed E-state index contributed by atoms with van der Waals surface area (Å²) < 4.78 is 51.8. The van der Waals surface area contributed by atoms with Gasteiger partial charge >= 0.3 is 6.18 Å². The fourth-order valence-electron chi connectivity index (χ4n) is 2.25. The Morgan fingerprint density at radius 2 is 2.00 bits per heavy atom. The molecule has 0 saturated heterocycles. The van der Waals surface area contributed by atoms with Gasteiger partial charge in [0.15, 0.2) is 0 Å². The van der Waals surface area contributed by atoms with Crippen LogP contribution >= 0.6 is 0 Å². The summed E-state index contributed by atoms with van der Waals surface area (Å²) in [5.41, 5.74) is 3.91. The summed E-state index contributed by atoms with van der Waals surface area (Å²) in [5.74, 6) is -0.721. The fraction of sp³-hybridized carbons (Fsp3) is 0.312. The Hall–Kier alpha value is -2.91. The molecule has 140 valence electrons. The quantitative estimate of drug-likeness (QED) is 0.623. The van der Waals surface area contributed by atoms with E-state index >= 15 is 0 Å². The topological polar surface area (TPSA) is 90.0 Å². The summed E-state index contributed by atoms with van der Waals surface area (Å²) in [4.78, 5) is 23.7. The number of aryl methyl sites for hydroxylation is 1. The maximum absolute atomic E-state index is 12.9. The number of rotatable bonds is 5. The van der Waals surface area contributed by atoms with E-state index in [1.807, 2.05) is 0 Å². The first kappa shape index (κ1) is 19.4. The van der Waals surface area contributed by atoms with Crippen LogP contribution < -0.4 is 16.6 Å². The average Bonchev–Trinajstić information content (AvgIpc) is 2.55. The highest BCUT2D eigenvalue weighted by molar-refractivity contribution is 5.92. The largest absolute Gasteiger partial charge is 0.416 e. The molecule has 0 radical (unpaired) electrons. The van der Waals surface area contributed by atoms with Crippen LogP contribution in [0.5, 0.6) is 0 Å². The molecular formula is C16H16F4N4O2. The van der Waals surface area contributed by atoms with Crippen LogP contribution in [0.4, 0.5) is 23.2 Å². The molecule has 2 aromatic rings. The van der Waals surface area contributed by atoms with E-state index in [0.29, 0.717) is 0 Å². The van der Waals surface area contributed by atoms with Crippen LogP contribution in [-0.2, 0) is 12.7 Å². The van der Waals surface area contributed by atoms with Gasteiger partial charge in [0.2, 0.25) is 0 Å². The molecule has 0 aliphatic rings. The summed E-state index contributed by atoms with van der Waals surface area (Å²) in [5, 5.41) is 6.20. The van der Waals surface area contributed by atoms with Gasteiger partial charge in [-0.05, 0) is 36.8 Å². The smallest absolute Gasteiger partial charge is 0.399 e. The third-order valence-corrected chi connectivity index (χ3v) is 3.55. The van der Waals surface area contributed by atoms with Gasteiger partial charge in [0, 0.05) is 11.8 Å². The van der Waals surface area contributed by atoms with Crippen molar-refractivity contribution in [3.05, 3.63) is 57.5 Å². The molecule has 0 bridgehead atoms. The van der Waals surface area contributed by atoms with E-state index in [1.54, 1.807) is 0 Å². The lowest BCUT2D eigenvalue weighted by Gasteiger charge is -2.17. The zero-order valence-electron chi connectivity index (χ0n) is 13.7. The Morgan fingerprint density at radius 1 is 1.31 bits per heavy atom. The first-order valence-electron chi connectivity index (χ1n) is 7.54. The zero-order valence-corrected chi connectivity index (χ0v) is 13.7. The van der Waals surface area contributed by atoms with Gasteiger partial charge in [-0.15, -0.1) is 0 Å². The molecule has 0 aliphatic carbocycles. The van der Waals surface area contributed by atoms with E-state index in [1.165, 1.54) is 13.0 Å². The van der Waals surface area contributed by atoms with Gasteiger partial charge in [-0.3, -0.25) is 9.59 Å². The minimum atomic E-state index is -4.57. The summed E-state index contributed by atoms with van der Waals surface area (Å²) in [6, 6.07) is 4.41. The summed E-state index contributed by atoms with van der Waals surface area (Å²) >= 11 is 0. The molecule has 1 heterocycles. The first-order chi connectivity index (χ1) is 12.1. The van der Waals surface area contributed by atoms with E-state index in [4.69, 9.17) is 5.73 Å². The first-order valence-corrected chi connectivity index (χ1v) is 7.54. The van der Waals surface area contributed by atoms with E-state index in [0.717, 1.165) is 28.9 Å². The number of anilines is 1. The molecule has 1 atom stereocenters. The van der Waals surface area contributed by atoms with Crippen molar-refractivity contribution >= 4 is 11.6 Å². The van der Waals surface area contributed by atoms with Crippen molar-refractivity contribution in [1.29, 1.82) is 0 Å². The molecule has 6 nitrogen and oxygen atoms in total. The van der Waals surface area contributed by atoms with E-state index in [-0.39, 0.29) is 23.5 Å². The van der Waals surface area contributed by atoms with Crippen molar-refractivity contribution in [3.8, 4) is 0 Å². The summed E-state index contributed by atoms with van der Waals surface area (Å²) in [7, 11) is 0. The Labute approximate surface area is 145 Å². The number of carbonyl (C=O) groups excluding carboxylic acids is 1. The number of alkyl halides is 4. The Bertz CT molecular complexity index is 864. The van der Waals surface area contributed by atoms with Crippen molar-refractivity contribution in [2.45, 2.75) is 25.7 Å². The number of carbonyl (C=O) groups is 1. The molecular weight excluding hydrogens is 356 g/mol. The highest BCUT2D eigenvalue weighted by atomic mass is 19.4. The molecule has 1 aromatic heterocycles. The summed E-state index contributed by atoms with van der Waals surface area (Å²) in [6.45, 7) is 0.335. The minimum Gasteiger partial charge on any atom is -0.399 e. The number of hydrogen-bond acceptors (Lipinski definition) is 4. The van der Waals surface area contributed by atoms with Gasteiger partial charge in [0.1, 0.15) is 12.4 Å². The van der Waals surface area contributed by atoms with Crippen LogP contribution in [0, 0.1) is 0 Å². The molecule has 0 unspecified atom stereocenters. The fourth-order valence-corrected chi connectivity index (χ4v) is 2.25. The van der Waals surface area contributed by atoms with Gasteiger partial charge in [-0.1, -0.05) is 0 Å². The van der Waals surface area contributed by atoms with Crippen LogP contribution in [-0.4, -0.2) is 22.4 Å². The minimum absolute atomic E-state index is 0.0921. The molecule has 0 spiro atoms. The van der Waals surface area contributed by atoms with Crippen molar-refractivity contribution in [3.63, 3.8) is 0 Å². The van der Waals surface area contributed by atoms with Crippen LogP contribution in [0.25, 0.3) is 0 Å². The van der Waals surface area contributed by atoms with Crippen molar-refractivity contribution in [2.24, 2.45) is 0 Å². The molecule has 3 N–H and O–H groups in total. The van der Waals surface area contributed by atoms with Crippen molar-refractivity contribution < 1.29 is 22.4 Å². The third kappa shape index (κ3) is 4.58. The van der Waals surface area contributed by atoms with E-state index in [2.05, 4.69) is 10.4 Å². The van der Waals surface area contributed by atoms with Crippen LogP contribution in [0.15, 0.2) is 35.1 Å². The standard InChI is InChI=1S/C16H16F4N4O2/c1-9(10-6-11(16(18,19)20)8-12(21)7-10)22-15(26)13-2-3-14(25)24(23-13)5-4-17/h2-3,6-9H,4-5,21H2,1H3,(H,22,26)/t9-/m1/s1. The second kappa shape index (κ2) is 7.54. The number of benzene rings is 1. The normalized spacial score (nSPS) is 12.7. The number of hydrogen-bond donors (Lipinski definition) is 2. The van der Waals surface area contributed by atoms with Gasteiger partial charge in [-0.25, -0.2) is 9.07 Å². The SMILES string of the molecule is C[C@@H](NC(=O)c1ccc(=O)n(CCF)n1)c1cc(N)cc(C(F)(F)F)c1. The Kier molecular flexibility index (Phi) is 5.63. The molecule has 0 fully saturated rings. The second-order valence-electron chi connectivity index (χ2n) is 5.55. The third-order valence-electron chi connectivity index (χ3n) is 3.55. The number of nitrogens with zero attached hydrogens (tertiary/aromatic N) is 2. The average molecular weight is 372 g/mol. The molecule has 1 amide bonds. The molecule has 0 saturated carbocycles. The maximum atomic E-state index is 12.9. The maximum Gasteiger partial charge on any atom is 0.416 e. The summed E-state index contributed by atoms with van der Waals surface area (Å²) in [6.07, 6.45) is -4.57. The number of nitrogen functional groups attached to an aromatic ring is 1. The lowest BCUT2D eigenvalue weighted by molar-refractivity contribution is -0.137. The molecule has 0 aliphatic heterocycles. The second-order valence-corrected chi connectivity index (χ2v) is 5.55. The molecule has 2 rings (SSSR count). The van der Waals surface area contributed by atoms with Gasteiger partial charge in [-0.2, -0.15) is 18.3 Å². The number of amides is 1. The number of nitrogens with one attached hydrogen (secondary N) is 1. The van der Waals surface area contributed by atoms with Gasteiger partial charge < -0.3 is 11.1 Å². The highest BCUT2D eigenvalue weighted by Crippen LogP contribution is 2.32. The van der Waals surface area contributed by atoms with Crippen LogP contribution in [0.3, 0.4) is 0 Å². The lowest BCUT2D eigenvalue weighted by Crippen LogP contribution is -2.31. The number of nitrogens with two attached hydrogens (primary N) is 1. The molecule has 1 aromatic carbocycles. The molecule has 10 heteroatoms. The molecule has 26 heavy (non-hydrogen) atoms. The lowest BCUT2D eigenvalue weighted by atomic mass is 10.0. The number of halogens is 4. The highest BCUT2D eigenvalue weighted by Gasteiger charge is 2.31.